The van der Waals surface area contributed by atoms with Crippen molar-refractivity contribution in [1.29, 1.82) is 0 Å². The number of nitrogens with two attached hydrogens (primary N) is 2. The first-order chi connectivity index (χ1) is 19.6. The minimum Gasteiger partial charge on any atom is -0.479 e. The molecule has 2 fully saturated rings. The van der Waals surface area contributed by atoms with E-state index >= 15 is 0 Å². The molecule has 19 nitrogen and oxygen atoms in total. The van der Waals surface area contributed by atoms with Gasteiger partial charge < -0.3 is 56.7 Å². The fourth-order valence-corrected chi connectivity index (χ4v) is 4.55. The average Bonchev–Trinajstić information content (AvgIpc) is 3.19. The van der Waals surface area contributed by atoms with Gasteiger partial charge in [0.15, 0.2) is 12.3 Å². The molecule has 0 spiro atoms. The lowest BCUT2D eigenvalue weighted by Crippen LogP contribution is -2.67. The second-order valence-electron chi connectivity index (χ2n) is 9.72. The summed E-state index contributed by atoms with van der Waals surface area (Å²) in [5.41, 5.74) is 9.16. The summed E-state index contributed by atoms with van der Waals surface area (Å²) in [6, 6.07) is -5.37. The fraction of sp³-hybridized carbons (Fsp3) is 0.565. The van der Waals surface area contributed by atoms with Crippen LogP contribution < -0.4 is 28.0 Å². The fourth-order valence-electron chi connectivity index (χ4n) is 4.55. The van der Waals surface area contributed by atoms with Crippen LogP contribution in [0.25, 0.3) is 0 Å². The van der Waals surface area contributed by atoms with Gasteiger partial charge in [-0.15, -0.1) is 0 Å². The average molecular weight is 601 g/mol. The number of rotatable bonds is 10. The van der Waals surface area contributed by atoms with Crippen molar-refractivity contribution in [3.05, 3.63) is 44.2 Å². The van der Waals surface area contributed by atoms with Gasteiger partial charge in [0.2, 0.25) is 11.8 Å². The summed E-state index contributed by atoms with van der Waals surface area (Å²) in [6.07, 6.45) is -10.1. The molecule has 11 N–H and O–H groups in total. The van der Waals surface area contributed by atoms with Crippen LogP contribution in [0.15, 0.2) is 27.4 Å². The number of hydrogen-bond acceptors (Lipinski definition) is 13. The maximum absolute atomic E-state index is 13.6. The minimum atomic E-state index is -2.07. The molecule has 2 aliphatic rings. The number of aryl methyl sites for hydroxylation is 1. The molecule has 4 unspecified atom stereocenters. The van der Waals surface area contributed by atoms with Crippen molar-refractivity contribution in [2.75, 3.05) is 13.2 Å². The Labute approximate surface area is 235 Å². The molecule has 2 aliphatic heterocycles. The van der Waals surface area contributed by atoms with Gasteiger partial charge in [-0.25, -0.2) is 14.4 Å². The molecule has 3 amide bonds. The number of aliphatic hydroxyl groups excluding tert-OH is 4. The van der Waals surface area contributed by atoms with Crippen molar-refractivity contribution in [3.63, 3.8) is 0 Å². The quantitative estimate of drug-likeness (QED) is 0.113. The predicted octanol–water partition coefficient (Wildman–Crippen LogP) is -5.66. The molecule has 1 aromatic rings. The van der Waals surface area contributed by atoms with Crippen LogP contribution in [0.5, 0.6) is 0 Å². The lowest BCUT2D eigenvalue weighted by molar-refractivity contribution is -0.157. The molecule has 1 aromatic heterocycles. The number of hydrogen-bond donors (Lipinski definition) is 9. The van der Waals surface area contributed by atoms with Gasteiger partial charge >= 0.3 is 17.8 Å². The zero-order chi connectivity index (χ0) is 31.6. The van der Waals surface area contributed by atoms with Crippen molar-refractivity contribution < 1.29 is 54.2 Å². The molecule has 0 aliphatic carbocycles. The van der Waals surface area contributed by atoms with Crippen LogP contribution in [-0.2, 0) is 23.9 Å². The number of ether oxygens (including phenoxy) is 2. The number of aromatic nitrogens is 2. The Hall–Kier alpha value is -4.14. The molecule has 3 heterocycles. The van der Waals surface area contributed by atoms with E-state index in [1.807, 2.05) is 4.98 Å². The van der Waals surface area contributed by atoms with Crippen LogP contribution in [0.2, 0.25) is 0 Å². The third-order valence-corrected chi connectivity index (χ3v) is 6.95. The van der Waals surface area contributed by atoms with Gasteiger partial charge in [-0.1, -0.05) is 6.08 Å². The first kappa shape index (κ1) is 32.4. The van der Waals surface area contributed by atoms with E-state index in [0.29, 0.717) is 5.57 Å². The van der Waals surface area contributed by atoms with E-state index in [0.717, 1.165) is 15.7 Å². The van der Waals surface area contributed by atoms with E-state index in [2.05, 4.69) is 10.1 Å². The second-order valence-corrected chi connectivity index (χ2v) is 9.72. The smallest absolute Gasteiger partial charge is 0.404 e. The number of aromatic amines is 1. The van der Waals surface area contributed by atoms with Crippen molar-refractivity contribution in [3.8, 4) is 0 Å². The highest BCUT2D eigenvalue weighted by atomic mass is 16.6. The Balaban J connectivity index is 1.94. The van der Waals surface area contributed by atoms with E-state index < -0.39 is 96.6 Å². The van der Waals surface area contributed by atoms with Crippen LogP contribution >= 0.6 is 0 Å². The lowest BCUT2D eigenvalue weighted by Gasteiger charge is -2.43. The Morgan fingerprint density at radius 2 is 1.88 bits per heavy atom. The molecule has 19 heteroatoms. The molecule has 0 radical (unpaired) electrons. The Morgan fingerprint density at radius 1 is 1.24 bits per heavy atom. The van der Waals surface area contributed by atoms with Gasteiger partial charge in [0.1, 0.15) is 49.2 Å². The summed E-state index contributed by atoms with van der Waals surface area (Å²) >= 11 is 0. The summed E-state index contributed by atoms with van der Waals surface area (Å²) < 4.78 is 10.8. The number of nitrogens with one attached hydrogen (secondary N) is 2. The molecule has 0 bridgehead atoms. The van der Waals surface area contributed by atoms with E-state index in [-0.39, 0.29) is 12.1 Å². The standard InChI is InChI=1S/C23H32N6O13/c1-3-8-5-28(12(8)21(37)38)19(36)11(26-18(35)10(24)13(31)9(30)6-41-22(25)39)16-14(32)15(33)20(42-16)29-4-7(2)17(34)27-23(29)40/h3-4,9-16,20,30-33H,5-6,24H2,1-2H3,(H2,25,39)(H,26,35)(H,37,38)(H,27,34,40)/b8-3+/t9?,10?,11?,12-,13?,14-,15+,16+,20+/m0/s1. The highest BCUT2D eigenvalue weighted by Gasteiger charge is 2.53. The summed E-state index contributed by atoms with van der Waals surface area (Å²) in [7, 11) is 0. The maximum atomic E-state index is 13.6. The van der Waals surface area contributed by atoms with Crippen LogP contribution in [0.4, 0.5) is 4.79 Å². The van der Waals surface area contributed by atoms with Gasteiger partial charge in [0.05, 0.1) is 0 Å². The normalized spacial score (nSPS) is 27.5. The third-order valence-electron chi connectivity index (χ3n) is 6.95. The third kappa shape index (κ3) is 6.35. The first-order valence-electron chi connectivity index (χ1n) is 12.5. The number of nitrogens with zero attached hydrogens (tertiary/aromatic N) is 2. The van der Waals surface area contributed by atoms with Gasteiger partial charge in [-0.2, -0.15) is 0 Å². The molecular formula is C23H32N6O13. The zero-order valence-corrected chi connectivity index (χ0v) is 22.3. The van der Waals surface area contributed by atoms with Gasteiger partial charge in [0, 0.05) is 18.3 Å². The van der Waals surface area contributed by atoms with Crippen molar-refractivity contribution >= 4 is 23.9 Å². The van der Waals surface area contributed by atoms with Gasteiger partial charge in [0.25, 0.3) is 5.56 Å². The number of likely N-dealkylation sites (tertiary alicyclic amines) is 1. The highest BCUT2D eigenvalue weighted by molar-refractivity contribution is 5.95. The number of allylic oxidation sites excluding steroid dienone is 1. The number of carbonyl (C=O) groups is 4. The topological polar surface area (TPSA) is 310 Å². The van der Waals surface area contributed by atoms with Crippen LogP contribution in [0.3, 0.4) is 0 Å². The first-order valence-corrected chi connectivity index (χ1v) is 12.5. The number of carboxylic acid groups (broad SMARTS) is 1. The molecule has 3 rings (SSSR count). The number of aliphatic carboxylic acids is 1. The molecule has 0 aromatic carbocycles. The van der Waals surface area contributed by atoms with Crippen LogP contribution in [0.1, 0.15) is 18.7 Å². The molecule has 232 valence electrons. The molecule has 0 saturated carbocycles. The summed E-state index contributed by atoms with van der Waals surface area (Å²) in [4.78, 5) is 76.2. The van der Waals surface area contributed by atoms with Crippen molar-refractivity contribution in [1.82, 2.24) is 19.8 Å². The monoisotopic (exact) mass is 600 g/mol. The summed E-state index contributed by atoms with van der Waals surface area (Å²) in [5, 5.41) is 53.6. The largest absolute Gasteiger partial charge is 0.479 e. The van der Waals surface area contributed by atoms with Crippen LogP contribution in [0, 0.1) is 6.92 Å². The summed E-state index contributed by atoms with van der Waals surface area (Å²) in [5.74, 6) is -3.80. The van der Waals surface area contributed by atoms with Crippen molar-refractivity contribution in [2.45, 2.75) is 68.7 Å². The maximum Gasteiger partial charge on any atom is 0.404 e. The number of H-pyrrole nitrogens is 1. The summed E-state index contributed by atoms with van der Waals surface area (Å²) in [6.45, 7) is 1.88. The van der Waals surface area contributed by atoms with E-state index in [9.17, 15) is 54.3 Å². The van der Waals surface area contributed by atoms with E-state index in [4.69, 9.17) is 16.2 Å². The SMILES string of the molecule is C/C=C1\CN(C(=O)C(NC(=O)C(N)C(O)C(O)COC(N)=O)[C@H]2O[C@@H](n3cc(C)c(=O)[nH]c3=O)[C@H](O)[C@@H]2O)[C@@H]1C(=O)O. The van der Waals surface area contributed by atoms with E-state index in [1.165, 1.54) is 13.0 Å². The molecular weight excluding hydrogens is 568 g/mol. The highest BCUT2D eigenvalue weighted by Crippen LogP contribution is 2.33. The number of carbonyl (C=O) groups excluding carboxylic acids is 3. The number of primary amides is 1. The molecule has 2 saturated heterocycles. The van der Waals surface area contributed by atoms with E-state index in [1.54, 1.807) is 6.92 Å². The van der Waals surface area contributed by atoms with Crippen molar-refractivity contribution in [2.24, 2.45) is 11.5 Å². The second kappa shape index (κ2) is 12.8. The number of amides is 3. The minimum absolute atomic E-state index is 0.0341. The van der Waals surface area contributed by atoms with Crippen LogP contribution in [-0.4, -0.2) is 126 Å². The molecule has 42 heavy (non-hydrogen) atoms. The Bertz CT molecular complexity index is 1380. The van der Waals surface area contributed by atoms with Gasteiger partial charge in [-0.3, -0.25) is 23.9 Å². The Kier molecular flexibility index (Phi) is 9.86. The zero-order valence-electron chi connectivity index (χ0n) is 22.3. The van der Waals surface area contributed by atoms with Gasteiger partial charge in [-0.05, 0) is 19.4 Å². The number of carboxylic acids is 1. The predicted molar refractivity (Wildman–Crippen MR) is 136 cm³/mol. The Morgan fingerprint density at radius 3 is 2.45 bits per heavy atom. The lowest BCUT2D eigenvalue weighted by atomic mass is 9.92. The number of aliphatic hydroxyl groups is 4. The molecule has 9 atom stereocenters.